The van der Waals surface area contributed by atoms with Crippen molar-refractivity contribution in [3.63, 3.8) is 0 Å². The van der Waals surface area contributed by atoms with Gasteiger partial charge in [-0.15, -0.1) is 0 Å². The highest BCUT2D eigenvalue weighted by atomic mass is 16.5. The van der Waals surface area contributed by atoms with Crippen molar-refractivity contribution in [2.75, 3.05) is 18.5 Å². The predicted molar refractivity (Wildman–Crippen MR) is 72.0 cm³/mol. The topological polar surface area (TPSA) is 56.3 Å². The van der Waals surface area contributed by atoms with E-state index in [1.54, 1.807) is 12.3 Å². The van der Waals surface area contributed by atoms with E-state index in [0.29, 0.717) is 25.0 Å². The van der Waals surface area contributed by atoms with Crippen LogP contribution in [0.25, 0.3) is 0 Å². The molecule has 0 aliphatic carbocycles. The van der Waals surface area contributed by atoms with E-state index in [1.807, 2.05) is 34.6 Å². The van der Waals surface area contributed by atoms with Gasteiger partial charge in [0.1, 0.15) is 0 Å². The minimum Gasteiger partial charge on any atom is -0.475 e. The van der Waals surface area contributed by atoms with Crippen molar-refractivity contribution in [1.82, 2.24) is 9.97 Å². The highest BCUT2D eigenvalue weighted by molar-refractivity contribution is 5.28. The van der Waals surface area contributed by atoms with E-state index in [2.05, 4.69) is 15.3 Å². The summed E-state index contributed by atoms with van der Waals surface area (Å²) in [6.45, 7) is 11.3. The summed E-state index contributed by atoms with van der Waals surface area (Å²) in [5.74, 6) is 1.14. The minimum atomic E-state index is -0.243. The van der Waals surface area contributed by atoms with Crippen LogP contribution in [0.2, 0.25) is 0 Å². The zero-order valence-electron chi connectivity index (χ0n) is 11.9. The molecular formula is C13H23N3O2. The first kappa shape index (κ1) is 14.7. The predicted octanol–water partition coefficient (Wildman–Crippen LogP) is 2.49. The van der Waals surface area contributed by atoms with Crippen LogP contribution >= 0.6 is 0 Å². The number of nitrogens with one attached hydrogen (secondary N) is 1. The SMILES string of the molecule is CCOC(C)(C)CNc1nccc(OC(C)C)n1. The molecule has 0 aliphatic rings. The molecule has 0 saturated carbocycles. The van der Waals surface area contributed by atoms with Gasteiger partial charge in [-0.2, -0.15) is 4.98 Å². The van der Waals surface area contributed by atoms with Crippen molar-refractivity contribution in [1.29, 1.82) is 0 Å². The maximum Gasteiger partial charge on any atom is 0.226 e. The summed E-state index contributed by atoms with van der Waals surface area (Å²) < 4.78 is 11.1. The van der Waals surface area contributed by atoms with Crippen molar-refractivity contribution in [3.8, 4) is 5.88 Å². The summed E-state index contributed by atoms with van der Waals surface area (Å²) in [4.78, 5) is 8.43. The molecule has 1 aromatic heterocycles. The third kappa shape index (κ3) is 5.31. The van der Waals surface area contributed by atoms with Crippen molar-refractivity contribution >= 4 is 5.95 Å². The van der Waals surface area contributed by atoms with Crippen molar-refractivity contribution in [2.24, 2.45) is 0 Å². The standard InChI is InChI=1S/C13H23N3O2/c1-6-17-13(4,5)9-15-12-14-8-7-11(16-12)18-10(2)3/h7-8,10H,6,9H2,1-5H3,(H,14,15,16). The lowest BCUT2D eigenvalue weighted by Crippen LogP contribution is -2.33. The maximum atomic E-state index is 5.60. The van der Waals surface area contributed by atoms with Crippen LogP contribution in [-0.2, 0) is 4.74 Å². The summed E-state index contributed by atoms with van der Waals surface area (Å²) in [6, 6.07) is 1.75. The molecule has 1 rings (SSSR count). The molecular weight excluding hydrogens is 230 g/mol. The van der Waals surface area contributed by atoms with Crippen molar-refractivity contribution in [3.05, 3.63) is 12.3 Å². The largest absolute Gasteiger partial charge is 0.475 e. The molecule has 18 heavy (non-hydrogen) atoms. The molecule has 0 amide bonds. The molecule has 0 spiro atoms. The first-order valence-corrected chi connectivity index (χ1v) is 6.30. The fraction of sp³-hybridized carbons (Fsp3) is 0.692. The van der Waals surface area contributed by atoms with Gasteiger partial charge in [0.25, 0.3) is 0 Å². The lowest BCUT2D eigenvalue weighted by molar-refractivity contribution is 0.000566. The average Bonchev–Trinajstić information content (AvgIpc) is 2.26. The molecule has 1 heterocycles. The van der Waals surface area contributed by atoms with Gasteiger partial charge in [0.15, 0.2) is 0 Å². The Hall–Kier alpha value is -1.36. The number of rotatable bonds is 7. The van der Waals surface area contributed by atoms with Crippen LogP contribution in [0.3, 0.4) is 0 Å². The smallest absolute Gasteiger partial charge is 0.226 e. The Morgan fingerprint density at radius 1 is 1.39 bits per heavy atom. The lowest BCUT2D eigenvalue weighted by atomic mass is 10.1. The van der Waals surface area contributed by atoms with Crippen LogP contribution in [0.4, 0.5) is 5.95 Å². The van der Waals surface area contributed by atoms with E-state index in [9.17, 15) is 0 Å². The van der Waals surface area contributed by atoms with Gasteiger partial charge in [-0.25, -0.2) is 4.98 Å². The van der Waals surface area contributed by atoms with Gasteiger partial charge in [-0.05, 0) is 34.6 Å². The fourth-order valence-corrected chi connectivity index (χ4v) is 1.47. The first-order chi connectivity index (χ1) is 8.43. The molecule has 0 aromatic carbocycles. The normalized spacial score (nSPS) is 11.7. The molecule has 102 valence electrons. The summed E-state index contributed by atoms with van der Waals surface area (Å²) in [5.41, 5.74) is -0.243. The van der Waals surface area contributed by atoms with E-state index in [4.69, 9.17) is 9.47 Å². The van der Waals surface area contributed by atoms with Crippen molar-refractivity contribution in [2.45, 2.75) is 46.3 Å². The van der Waals surface area contributed by atoms with E-state index in [0.717, 1.165) is 0 Å². The van der Waals surface area contributed by atoms with Gasteiger partial charge < -0.3 is 14.8 Å². The first-order valence-electron chi connectivity index (χ1n) is 6.30. The Balaban J connectivity index is 2.57. The van der Waals surface area contributed by atoms with Crippen molar-refractivity contribution < 1.29 is 9.47 Å². The van der Waals surface area contributed by atoms with Gasteiger partial charge in [-0.1, -0.05) is 0 Å². The molecule has 5 heteroatoms. The molecule has 1 aromatic rings. The summed E-state index contributed by atoms with van der Waals surface area (Å²) in [6.07, 6.45) is 1.79. The lowest BCUT2D eigenvalue weighted by Gasteiger charge is -2.24. The number of ether oxygens (including phenoxy) is 2. The molecule has 0 aliphatic heterocycles. The Bertz CT molecular complexity index is 367. The number of hydrogen-bond acceptors (Lipinski definition) is 5. The summed E-state index contributed by atoms with van der Waals surface area (Å²) in [7, 11) is 0. The van der Waals surface area contributed by atoms with Gasteiger partial charge in [0.2, 0.25) is 11.8 Å². The monoisotopic (exact) mass is 253 g/mol. The molecule has 0 fully saturated rings. The van der Waals surface area contributed by atoms with Crippen LogP contribution in [0.5, 0.6) is 5.88 Å². The second-order valence-corrected chi connectivity index (χ2v) is 4.93. The molecule has 0 saturated heterocycles. The van der Waals surface area contributed by atoms with E-state index in [1.165, 1.54) is 0 Å². The number of nitrogens with zero attached hydrogens (tertiary/aromatic N) is 2. The zero-order valence-corrected chi connectivity index (χ0v) is 11.9. The minimum absolute atomic E-state index is 0.104. The highest BCUT2D eigenvalue weighted by Gasteiger charge is 2.17. The Morgan fingerprint density at radius 3 is 2.72 bits per heavy atom. The molecule has 0 radical (unpaired) electrons. The summed E-state index contributed by atoms with van der Waals surface area (Å²) in [5, 5.41) is 3.16. The molecule has 1 N–H and O–H groups in total. The molecule has 5 nitrogen and oxygen atoms in total. The van der Waals surface area contributed by atoms with E-state index in [-0.39, 0.29) is 11.7 Å². The molecule has 0 atom stereocenters. The second kappa shape index (κ2) is 6.54. The van der Waals surface area contributed by atoms with Crippen LogP contribution in [0.1, 0.15) is 34.6 Å². The number of hydrogen-bond donors (Lipinski definition) is 1. The van der Waals surface area contributed by atoms with E-state index < -0.39 is 0 Å². The fourth-order valence-electron chi connectivity index (χ4n) is 1.47. The average molecular weight is 253 g/mol. The second-order valence-electron chi connectivity index (χ2n) is 4.93. The number of anilines is 1. The van der Waals surface area contributed by atoms with Gasteiger partial charge in [0, 0.05) is 25.4 Å². The van der Waals surface area contributed by atoms with Gasteiger partial charge in [-0.3, -0.25) is 0 Å². The third-order valence-electron chi connectivity index (χ3n) is 2.19. The molecule has 0 unspecified atom stereocenters. The number of aromatic nitrogens is 2. The van der Waals surface area contributed by atoms with Crippen LogP contribution in [-0.4, -0.2) is 34.8 Å². The third-order valence-corrected chi connectivity index (χ3v) is 2.19. The Labute approximate surface area is 109 Å². The van der Waals surface area contributed by atoms with Gasteiger partial charge in [0.05, 0.1) is 11.7 Å². The van der Waals surface area contributed by atoms with Crippen LogP contribution in [0, 0.1) is 0 Å². The molecule has 0 bridgehead atoms. The zero-order chi connectivity index (χ0) is 13.6. The Kier molecular flexibility index (Phi) is 5.34. The van der Waals surface area contributed by atoms with Crippen LogP contribution in [0.15, 0.2) is 12.3 Å². The quantitative estimate of drug-likeness (QED) is 0.809. The van der Waals surface area contributed by atoms with Gasteiger partial charge >= 0.3 is 0 Å². The maximum absolute atomic E-state index is 5.60. The van der Waals surface area contributed by atoms with E-state index >= 15 is 0 Å². The van der Waals surface area contributed by atoms with Crippen LogP contribution < -0.4 is 10.1 Å². The highest BCUT2D eigenvalue weighted by Crippen LogP contribution is 2.13. The summed E-state index contributed by atoms with van der Waals surface area (Å²) >= 11 is 0. The Morgan fingerprint density at radius 2 is 2.11 bits per heavy atom.